The van der Waals surface area contributed by atoms with E-state index >= 15 is 0 Å². The van der Waals surface area contributed by atoms with E-state index in [1.165, 1.54) is 94.6 Å². The quantitative estimate of drug-likeness (QED) is 0.134. The first-order chi connectivity index (χ1) is 18.3. The van der Waals surface area contributed by atoms with Crippen LogP contribution in [0.25, 0.3) is 0 Å². The topological polar surface area (TPSA) is 17.0 Å². The van der Waals surface area contributed by atoms with Gasteiger partial charge in [-0.05, 0) is 24.6 Å². The lowest BCUT2D eigenvalue weighted by atomic mass is 10.0. The molecule has 0 amide bonds. The van der Waals surface area contributed by atoms with Gasteiger partial charge in [-0.3, -0.25) is 0 Å². The van der Waals surface area contributed by atoms with Gasteiger partial charge in [0.25, 0.3) is 0 Å². The molecule has 0 atom stereocenters. The third-order valence-electron chi connectivity index (χ3n) is 7.08. The van der Waals surface area contributed by atoms with Crippen molar-refractivity contribution in [3.63, 3.8) is 0 Å². The highest BCUT2D eigenvalue weighted by atomic mass is 79.9. The molecule has 0 unspecified atom stereocenters. The normalized spacial score (nSPS) is 10.5. The monoisotopic (exact) mass is 660 g/mol. The maximum absolute atomic E-state index is 6.25. The maximum atomic E-state index is 6.25. The highest BCUT2D eigenvalue weighted by Gasteiger charge is 2.10. The molecule has 3 nitrogen and oxygen atoms in total. The third-order valence-corrected chi connectivity index (χ3v) is 7.08. The fourth-order valence-electron chi connectivity index (χ4n) is 4.98. The second kappa shape index (κ2) is 23.0. The number of ether oxygens (including phenoxy) is 1. The van der Waals surface area contributed by atoms with Crippen molar-refractivity contribution >= 4 is 0 Å². The molecule has 3 aromatic rings. The van der Waals surface area contributed by atoms with Crippen LogP contribution in [0.4, 0.5) is 0 Å². The molecule has 2 heterocycles. The lowest BCUT2D eigenvalue weighted by Gasteiger charge is -2.10. The first-order valence-electron chi connectivity index (χ1n) is 15.0. The van der Waals surface area contributed by atoms with Crippen LogP contribution >= 0.6 is 0 Å². The molecule has 0 aliphatic rings. The van der Waals surface area contributed by atoms with Gasteiger partial charge in [-0.1, -0.05) is 103 Å². The molecule has 216 valence electrons. The zero-order chi connectivity index (χ0) is 25.8. The molecule has 2 aromatic heterocycles. The third kappa shape index (κ3) is 16.2. The summed E-state index contributed by atoms with van der Waals surface area (Å²) in [6.45, 7) is 4.80. The Labute approximate surface area is 259 Å². The molecule has 3 rings (SSSR count). The molecule has 0 N–H and O–H groups in total. The van der Waals surface area contributed by atoms with E-state index in [-0.39, 0.29) is 34.0 Å². The number of hydrogen-bond acceptors (Lipinski definition) is 1. The van der Waals surface area contributed by atoms with Crippen molar-refractivity contribution in [2.45, 2.75) is 110 Å². The van der Waals surface area contributed by atoms with Gasteiger partial charge in [0.15, 0.2) is 37.9 Å². The summed E-state index contributed by atoms with van der Waals surface area (Å²) in [6, 6.07) is 19.2. The number of pyridine rings is 2. The molecule has 1 aromatic carbocycles. The number of unbranched alkanes of at least 4 members (excludes halogenated alkanes) is 13. The van der Waals surface area contributed by atoms with E-state index in [4.69, 9.17) is 4.74 Å². The SMILES string of the molecule is CCCCCCCCCCCCCCCCOc1cc(C[n+]2ccccc2)cc(C[n+]2ccccc2)c1.[Br-].[Br-]. The van der Waals surface area contributed by atoms with Crippen LogP contribution in [0.2, 0.25) is 0 Å². The number of rotatable bonds is 20. The zero-order valence-electron chi connectivity index (χ0n) is 24.1. The second-order valence-corrected chi connectivity index (χ2v) is 10.5. The highest BCUT2D eigenvalue weighted by molar-refractivity contribution is 5.34. The maximum Gasteiger partial charge on any atom is 0.173 e. The Kier molecular flexibility index (Phi) is 20.8. The van der Waals surface area contributed by atoms with Gasteiger partial charge in [0.05, 0.1) is 6.61 Å². The van der Waals surface area contributed by atoms with Crippen LogP contribution in [0.3, 0.4) is 0 Å². The van der Waals surface area contributed by atoms with Gasteiger partial charge in [-0.15, -0.1) is 0 Å². The van der Waals surface area contributed by atoms with E-state index in [0.717, 1.165) is 31.9 Å². The lowest BCUT2D eigenvalue weighted by Crippen LogP contribution is -3.00. The van der Waals surface area contributed by atoms with Crippen LogP contribution < -0.4 is 47.8 Å². The summed E-state index contributed by atoms with van der Waals surface area (Å²) in [5.41, 5.74) is 2.56. The summed E-state index contributed by atoms with van der Waals surface area (Å²) >= 11 is 0. The Morgan fingerprint density at radius 2 is 0.872 bits per heavy atom. The molecule has 0 aliphatic carbocycles. The molecule has 5 heteroatoms. The van der Waals surface area contributed by atoms with E-state index in [1.54, 1.807) is 0 Å². The van der Waals surface area contributed by atoms with Crippen molar-refractivity contribution in [1.29, 1.82) is 0 Å². The summed E-state index contributed by atoms with van der Waals surface area (Å²) in [5, 5.41) is 0. The largest absolute Gasteiger partial charge is 1.00 e. The predicted octanol–water partition coefficient (Wildman–Crippen LogP) is 2.23. The molecule has 0 radical (unpaired) electrons. The van der Waals surface area contributed by atoms with Gasteiger partial charge in [-0.2, -0.15) is 0 Å². The Morgan fingerprint density at radius 3 is 1.28 bits per heavy atom. The van der Waals surface area contributed by atoms with Gasteiger partial charge in [0.2, 0.25) is 0 Å². The molecule has 0 bridgehead atoms. The van der Waals surface area contributed by atoms with Crippen LogP contribution in [0.15, 0.2) is 79.4 Å². The fourth-order valence-corrected chi connectivity index (χ4v) is 4.98. The minimum atomic E-state index is 0. The van der Waals surface area contributed by atoms with Crippen LogP contribution in [0.5, 0.6) is 5.75 Å². The van der Waals surface area contributed by atoms with E-state index in [1.807, 2.05) is 0 Å². The van der Waals surface area contributed by atoms with Crippen molar-refractivity contribution in [2.24, 2.45) is 0 Å². The summed E-state index contributed by atoms with van der Waals surface area (Å²) < 4.78 is 10.7. The molecular formula is C34H50Br2N2O. The van der Waals surface area contributed by atoms with Gasteiger partial charge in [-0.25, -0.2) is 9.13 Å². The molecule has 0 spiro atoms. The number of halogens is 2. The standard InChI is InChI=1S/C34H50N2O.2BrH/c1-2-3-4-5-6-7-8-9-10-11-12-13-14-21-26-37-34-28-32(30-35-22-17-15-18-23-35)27-33(29-34)31-36-24-19-16-20-25-36;;/h15-20,22-25,27-29H,2-14,21,26,30-31H2,1H3;2*1H/q+2;;/p-2. The van der Waals surface area contributed by atoms with Crippen molar-refractivity contribution in [3.05, 3.63) is 90.5 Å². The summed E-state index contributed by atoms with van der Waals surface area (Å²) in [6.07, 6.45) is 27.8. The van der Waals surface area contributed by atoms with Crippen LogP contribution in [-0.4, -0.2) is 6.61 Å². The van der Waals surface area contributed by atoms with E-state index in [2.05, 4.69) is 95.4 Å². The highest BCUT2D eigenvalue weighted by Crippen LogP contribution is 2.19. The Morgan fingerprint density at radius 1 is 0.487 bits per heavy atom. The number of benzene rings is 1. The number of hydrogen-bond donors (Lipinski definition) is 0. The van der Waals surface area contributed by atoms with Crippen molar-refractivity contribution in [3.8, 4) is 5.75 Å². The molecular weight excluding hydrogens is 612 g/mol. The van der Waals surface area contributed by atoms with Gasteiger partial charge >= 0.3 is 0 Å². The van der Waals surface area contributed by atoms with Crippen molar-refractivity contribution in [2.75, 3.05) is 6.61 Å². The first-order valence-corrected chi connectivity index (χ1v) is 15.0. The van der Waals surface area contributed by atoms with Gasteiger partial charge in [0.1, 0.15) is 5.75 Å². The average molecular weight is 663 g/mol. The molecule has 0 aliphatic heterocycles. The summed E-state index contributed by atoms with van der Waals surface area (Å²) in [7, 11) is 0. The Bertz CT molecular complexity index is 910. The lowest BCUT2D eigenvalue weighted by molar-refractivity contribution is -0.689. The zero-order valence-corrected chi connectivity index (χ0v) is 27.3. The van der Waals surface area contributed by atoms with Crippen LogP contribution in [0.1, 0.15) is 108 Å². The molecule has 0 saturated heterocycles. The smallest absolute Gasteiger partial charge is 0.173 e. The molecule has 39 heavy (non-hydrogen) atoms. The van der Waals surface area contributed by atoms with Crippen LogP contribution in [0, 0.1) is 0 Å². The second-order valence-electron chi connectivity index (χ2n) is 10.5. The number of nitrogens with zero attached hydrogens (tertiary/aromatic N) is 2. The Balaban J connectivity index is 0.00000380. The summed E-state index contributed by atoms with van der Waals surface area (Å²) in [5.74, 6) is 0.996. The van der Waals surface area contributed by atoms with E-state index < -0.39 is 0 Å². The molecule has 0 saturated carbocycles. The minimum absolute atomic E-state index is 0. The van der Waals surface area contributed by atoms with Crippen LogP contribution in [-0.2, 0) is 13.1 Å². The Hall–Kier alpha value is -1.72. The van der Waals surface area contributed by atoms with Gasteiger partial charge < -0.3 is 38.7 Å². The van der Waals surface area contributed by atoms with Crippen molar-refractivity contribution in [1.82, 2.24) is 0 Å². The minimum Gasteiger partial charge on any atom is -1.00 e. The fraction of sp³-hybridized carbons (Fsp3) is 0.529. The summed E-state index contributed by atoms with van der Waals surface area (Å²) in [4.78, 5) is 0. The van der Waals surface area contributed by atoms with Crippen molar-refractivity contribution < 1.29 is 47.8 Å². The predicted molar refractivity (Wildman–Crippen MR) is 154 cm³/mol. The van der Waals surface area contributed by atoms with E-state index in [0.29, 0.717) is 0 Å². The van der Waals surface area contributed by atoms with E-state index in [9.17, 15) is 0 Å². The van der Waals surface area contributed by atoms with Gasteiger partial charge in [0, 0.05) is 35.4 Å². The molecule has 0 fully saturated rings. The first kappa shape index (κ1) is 35.3. The number of aromatic nitrogens is 2. The average Bonchev–Trinajstić information content (AvgIpc) is 2.92.